The molecule has 0 spiro atoms. The van der Waals surface area contributed by atoms with Crippen molar-refractivity contribution in [1.29, 1.82) is 5.26 Å². The summed E-state index contributed by atoms with van der Waals surface area (Å²) in [7, 11) is 1.61. The summed E-state index contributed by atoms with van der Waals surface area (Å²) in [6.45, 7) is 2.86. The average molecular weight is 458 g/mol. The minimum Gasteiger partial charge on any atom is -0.389 e. The van der Waals surface area contributed by atoms with Gasteiger partial charge in [0.1, 0.15) is 22.3 Å². The lowest BCUT2D eigenvalue weighted by atomic mass is 9.78. The van der Waals surface area contributed by atoms with E-state index in [2.05, 4.69) is 9.97 Å². The third-order valence-electron chi connectivity index (χ3n) is 6.24. The standard InChI is InChI=1S/C22H21Cl2N5O2/c1-13(16-4-3-14(23)12-26-16)22(31)7-9-29(10-8-22)20-15(11-25)21(30)28(2)17-5-6-18(24)27-19(17)20/h3-6,12-13,31H,7-10H2,1-2H3. The van der Waals surface area contributed by atoms with Crippen LogP contribution >= 0.6 is 23.2 Å². The molecule has 1 aliphatic heterocycles. The van der Waals surface area contributed by atoms with Crippen LogP contribution in [0, 0.1) is 11.3 Å². The summed E-state index contributed by atoms with van der Waals surface area (Å²) in [6.07, 6.45) is 2.47. The van der Waals surface area contributed by atoms with E-state index in [4.69, 9.17) is 23.2 Å². The van der Waals surface area contributed by atoms with Crippen molar-refractivity contribution in [2.75, 3.05) is 18.0 Å². The second-order valence-corrected chi connectivity index (χ2v) is 8.74. The van der Waals surface area contributed by atoms with E-state index < -0.39 is 5.60 Å². The highest BCUT2D eigenvalue weighted by Crippen LogP contribution is 2.39. The van der Waals surface area contributed by atoms with Gasteiger partial charge in [-0.05, 0) is 37.1 Å². The lowest BCUT2D eigenvalue weighted by molar-refractivity contribution is -0.00663. The SMILES string of the molecule is CC(c1ccc(Cl)cn1)C1(O)CCN(c2c(C#N)c(=O)n(C)c3ccc(Cl)nc23)CC1. The smallest absolute Gasteiger partial charge is 0.270 e. The number of halogens is 2. The van der Waals surface area contributed by atoms with Crippen LogP contribution in [0.5, 0.6) is 0 Å². The van der Waals surface area contributed by atoms with Crippen molar-refractivity contribution in [1.82, 2.24) is 14.5 Å². The number of nitrogens with zero attached hydrogens (tertiary/aromatic N) is 5. The fourth-order valence-electron chi connectivity index (χ4n) is 4.25. The minimum absolute atomic E-state index is 0.0302. The molecule has 4 rings (SSSR count). The van der Waals surface area contributed by atoms with Crippen molar-refractivity contribution >= 4 is 39.9 Å². The average Bonchev–Trinajstić information content (AvgIpc) is 2.77. The Bertz CT molecular complexity index is 1240. The maximum Gasteiger partial charge on any atom is 0.270 e. The fraction of sp³-hybridized carbons (Fsp3) is 0.364. The molecule has 1 aliphatic rings. The van der Waals surface area contributed by atoms with Crippen LogP contribution < -0.4 is 10.5 Å². The molecule has 4 heterocycles. The van der Waals surface area contributed by atoms with Crippen molar-refractivity contribution < 1.29 is 5.11 Å². The number of aryl methyl sites for hydroxylation is 1. The van der Waals surface area contributed by atoms with Crippen molar-refractivity contribution in [3.05, 3.63) is 62.2 Å². The van der Waals surface area contributed by atoms with Gasteiger partial charge in [0.25, 0.3) is 5.56 Å². The molecule has 1 atom stereocenters. The van der Waals surface area contributed by atoms with E-state index >= 15 is 0 Å². The molecular formula is C22H21Cl2N5O2. The normalized spacial score (nSPS) is 16.8. The number of anilines is 1. The number of aliphatic hydroxyl groups is 1. The molecule has 1 unspecified atom stereocenters. The summed E-state index contributed by atoms with van der Waals surface area (Å²) in [5.41, 5.74) is 1.03. The van der Waals surface area contributed by atoms with Crippen LogP contribution in [0.1, 0.15) is 36.9 Å². The molecule has 0 aromatic carbocycles. The van der Waals surface area contributed by atoms with E-state index in [1.54, 1.807) is 31.4 Å². The first-order chi connectivity index (χ1) is 14.7. The van der Waals surface area contributed by atoms with E-state index in [0.29, 0.717) is 47.7 Å². The Balaban J connectivity index is 1.70. The lowest BCUT2D eigenvalue weighted by Gasteiger charge is -2.42. The molecule has 3 aromatic rings. The molecule has 0 aliphatic carbocycles. The Hall–Kier alpha value is -2.66. The quantitative estimate of drug-likeness (QED) is 0.603. The van der Waals surface area contributed by atoms with Gasteiger partial charge in [-0.1, -0.05) is 30.1 Å². The van der Waals surface area contributed by atoms with Crippen LogP contribution in [0.25, 0.3) is 11.0 Å². The predicted octanol–water partition coefficient (Wildman–Crippen LogP) is 3.64. The summed E-state index contributed by atoms with van der Waals surface area (Å²) >= 11 is 12.1. The number of hydrogen-bond donors (Lipinski definition) is 1. The molecular weight excluding hydrogens is 437 g/mol. The first-order valence-electron chi connectivity index (χ1n) is 9.93. The fourth-order valence-corrected chi connectivity index (χ4v) is 4.51. The largest absolute Gasteiger partial charge is 0.389 e. The number of piperidine rings is 1. The number of rotatable bonds is 3. The maximum atomic E-state index is 12.8. The highest BCUT2D eigenvalue weighted by molar-refractivity contribution is 6.30. The Morgan fingerprint density at radius 3 is 2.55 bits per heavy atom. The third-order valence-corrected chi connectivity index (χ3v) is 6.67. The molecule has 0 saturated carbocycles. The van der Waals surface area contributed by atoms with Gasteiger partial charge in [0, 0.05) is 37.9 Å². The number of aromatic nitrogens is 3. The summed E-state index contributed by atoms with van der Waals surface area (Å²) in [4.78, 5) is 23.5. The molecule has 0 bridgehead atoms. The van der Waals surface area contributed by atoms with Crippen LogP contribution in [0.4, 0.5) is 5.69 Å². The molecule has 1 saturated heterocycles. The van der Waals surface area contributed by atoms with Gasteiger partial charge < -0.3 is 14.6 Å². The van der Waals surface area contributed by atoms with Crippen molar-refractivity contribution in [3.63, 3.8) is 0 Å². The van der Waals surface area contributed by atoms with Gasteiger partial charge in [0.15, 0.2) is 0 Å². The van der Waals surface area contributed by atoms with E-state index in [9.17, 15) is 15.2 Å². The van der Waals surface area contributed by atoms with Crippen LogP contribution in [-0.2, 0) is 7.05 Å². The van der Waals surface area contributed by atoms with Gasteiger partial charge in [-0.2, -0.15) is 5.26 Å². The van der Waals surface area contributed by atoms with E-state index in [1.165, 1.54) is 4.57 Å². The molecule has 3 aromatic heterocycles. The summed E-state index contributed by atoms with van der Waals surface area (Å²) < 4.78 is 1.41. The number of hydrogen-bond acceptors (Lipinski definition) is 6. The van der Waals surface area contributed by atoms with Crippen LogP contribution in [0.15, 0.2) is 35.3 Å². The Kier molecular flexibility index (Phi) is 5.65. The van der Waals surface area contributed by atoms with Crippen molar-refractivity contribution in [2.45, 2.75) is 31.3 Å². The monoisotopic (exact) mass is 457 g/mol. The topological polar surface area (TPSA) is 95.0 Å². The van der Waals surface area contributed by atoms with Crippen LogP contribution in [0.3, 0.4) is 0 Å². The molecule has 160 valence electrons. The van der Waals surface area contributed by atoms with Gasteiger partial charge in [-0.3, -0.25) is 9.78 Å². The van der Waals surface area contributed by atoms with Gasteiger partial charge in [-0.25, -0.2) is 4.98 Å². The van der Waals surface area contributed by atoms with Gasteiger partial charge in [0.05, 0.1) is 21.8 Å². The second-order valence-electron chi connectivity index (χ2n) is 7.91. The Morgan fingerprint density at radius 1 is 1.23 bits per heavy atom. The zero-order chi connectivity index (χ0) is 22.3. The molecule has 0 amide bonds. The zero-order valence-electron chi connectivity index (χ0n) is 17.1. The van der Waals surface area contributed by atoms with Gasteiger partial charge in [0.2, 0.25) is 0 Å². The van der Waals surface area contributed by atoms with Crippen LogP contribution in [-0.4, -0.2) is 38.3 Å². The zero-order valence-corrected chi connectivity index (χ0v) is 18.7. The third kappa shape index (κ3) is 3.76. The van der Waals surface area contributed by atoms with E-state index in [1.807, 2.05) is 24.0 Å². The number of pyridine rings is 3. The maximum absolute atomic E-state index is 12.8. The minimum atomic E-state index is -0.968. The van der Waals surface area contributed by atoms with E-state index in [-0.39, 0.29) is 22.2 Å². The van der Waals surface area contributed by atoms with Gasteiger partial charge >= 0.3 is 0 Å². The number of nitriles is 1. The van der Waals surface area contributed by atoms with Gasteiger partial charge in [-0.15, -0.1) is 0 Å². The van der Waals surface area contributed by atoms with Crippen molar-refractivity contribution in [3.8, 4) is 6.07 Å². The molecule has 31 heavy (non-hydrogen) atoms. The van der Waals surface area contributed by atoms with Crippen molar-refractivity contribution in [2.24, 2.45) is 7.05 Å². The molecule has 9 heteroatoms. The van der Waals surface area contributed by atoms with Crippen LogP contribution in [0.2, 0.25) is 10.2 Å². The lowest BCUT2D eigenvalue weighted by Crippen LogP contribution is -2.48. The molecule has 1 N–H and O–H groups in total. The number of fused-ring (bicyclic) bond motifs is 1. The molecule has 1 fully saturated rings. The first kappa shape index (κ1) is 21.6. The molecule has 0 radical (unpaired) electrons. The highest BCUT2D eigenvalue weighted by atomic mass is 35.5. The highest BCUT2D eigenvalue weighted by Gasteiger charge is 2.40. The molecule has 7 nitrogen and oxygen atoms in total. The second kappa shape index (κ2) is 8.12. The summed E-state index contributed by atoms with van der Waals surface area (Å²) in [5, 5.41) is 21.9. The van der Waals surface area contributed by atoms with E-state index in [0.717, 1.165) is 5.69 Å². The summed E-state index contributed by atoms with van der Waals surface area (Å²) in [6, 6.07) is 8.98. The summed E-state index contributed by atoms with van der Waals surface area (Å²) in [5.74, 6) is -0.199. The Morgan fingerprint density at radius 2 is 1.94 bits per heavy atom. The Labute approximate surface area is 189 Å². The first-order valence-corrected chi connectivity index (χ1v) is 10.7. The predicted molar refractivity (Wildman–Crippen MR) is 121 cm³/mol.